The molecule has 0 fully saturated rings. The van der Waals surface area contributed by atoms with Gasteiger partial charge in [0, 0.05) is 0 Å². The van der Waals surface area contributed by atoms with Crippen LogP contribution in [0.15, 0.2) is 10.9 Å². The first-order chi connectivity index (χ1) is 5.19. The van der Waals surface area contributed by atoms with Gasteiger partial charge in [0.15, 0.2) is 0 Å². The van der Waals surface area contributed by atoms with Crippen LogP contribution in [-0.2, 0) is 0 Å². The summed E-state index contributed by atoms with van der Waals surface area (Å²) in [5.74, 6) is 0. The Hall–Kier alpha value is 0.134. The largest absolute Gasteiger partial charge is 0.392 e. The van der Waals surface area contributed by atoms with Crippen LogP contribution in [0.2, 0.25) is 39.3 Å². The highest BCUT2D eigenvalue weighted by Gasteiger charge is 2.30. The number of hydrogen-bond donors (Lipinski definition) is 1. The monoisotopic (exact) mass is 202 g/mol. The molecule has 1 N–H and O–H groups in total. The van der Waals surface area contributed by atoms with E-state index >= 15 is 0 Å². The van der Waals surface area contributed by atoms with E-state index in [1.165, 1.54) is 0 Å². The predicted octanol–water partition coefficient (Wildman–Crippen LogP) is 2.66. The number of aliphatic hydroxyl groups excluding tert-OH is 1. The fourth-order valence-corrected chi connectivity index (χ4v) is 12.2. The third kappa shape index (κ3) is 3.69. The summed E-state index contributed by atoms with van der Waals surface area (Å²) in [6.45, 7) is 14.3. The Balaban J connectivity index is 4.83. The molecule has 0 bridgehead atoms. The van der Waals surface area contributed by atoms with Crippen molar-refractivity contribution in [3.8, 4) is 0 Å². The topological polar surface area (TPSA) is 20.2 Å². The maximum absolute atomic E-state index is 8.93. The predicted molar refractivity (Wildman–Crippen MR) is 61.9 cm³/mol. The van der Waals surface area contributed by atoms with E-state index in [-0.39, 0.29) is 6.61 Å². The summed E-state index contributed by atoms with van der Waals surface area (Å²) in [5.41, 5.74) is 0. The molecule has 0 aromatic heterocycles. The van der Waals surface area contributed by atoms with E-state index in [9.17, 15) is 0 Å². The summed E-state index contributed by atoms with van der Waals surface area (Å²) in [6.07, 6.45) is 2.05. The highest BCUT2D eigenvalue weighted by Crippen LogP contribution is 2.24. The summed E-state index contributed by atoms with van der Waals surface area (Å²) in [4.78, 5) is 1.59. The molecular weight excluding hydrogens is 180 g/mol. The number of aliphatic hydroxyl groups is 1. The second-order valence-electron chi connectivity index (χ2n) is 5.30. The molecule has 0 aliphatic heterocycles. The second-order valence-corrected chi connectivity index (χ2v) is 15.9. The molecule has 0 spiro atoms. The molecule has 3 heteroatoms. The lowest BCUT2D eigenvalue weighted by Gasteiger charge is -2.31. The minimum absolute atomic E-state index is 0.212. The lowest BCUT2D eigenvalue weighted by Crippen LogP contribution is -2.40. The molecule has 0 radical (unpaired) electrons. The minimum atomic E-state index is -1.18. The Morgan fingerprint density at radius 3 is 1.42 bits per heavy atom. The van der Waals surface area contributed by atoms with Crippen molar-refractivity contribution >= 4 is 16.1 Å². The van der Waals surface area contributed by atoms with Gasteiger partial charge in [-0.05, 0) is 0 Å². The first kappa shape index (κ1) is 12.1. The van der Waals surface area contributed by atoms with Gasteiger partial charge in [0.05, 0.1) is 22.8 Å². The summed E-state index contributed by atoms with van der Waals surface area (Å²) >= 11 is 0. The van der Waals surface area contributed by atoms with E-state index in [0.29, 0.717) is 0 Å². The van der Waals surface area contributed by atoms with Crippen molar-refractivity contribution in [1.29, 1.82) is 0 Å². The second kappa shape index (κ2) is 3.89. The molecule has 12 heavy (non-hydrogen) atoms. The van der Waals surface area contributed by atoms with Crippen molar-refractivity contribution in [2.75, 3.05) is 6.61 Å². The van der Waals surface area contributed by atoms with Crippen LogP contribution in [0.5, 0.6) is 0 Å². The van der Waals surface area contributed by atoms with Crippen molar-refractivity contribution in [3.63, 3.8) is 0 Å². The van der Waals surface area contributed by atoms with Gasteiger partial charge < -0.3 is 5.11 Å². The van der Waals surface area contributed by atoms with E-state index in [1.54, 1.807) is 4.82 Å². The molecule has 0 amide bonds. The molecule has 0 unspecified atom stereocenters. The quantitative estimate of drug-likeness (QED) is 0.698. The average molecular weight is 202 g/mol. The normalized spacial score (nSPS) is 12.9. The molecule has 0 rings (SSSR count). The van der Waals surface area contributed by atoms with Gasteiger partial charge in [0.1, 0.15) is 0 Å². The molecule has 0 aromatic rings. The van der Waals surface area contributed by atoms with Gasteiger partial charge in [0.25, 0.3) is 0 Å². The summed E-state index contributed by atoms with van der Waals surface area (Å²) in [7, 11) is -2.36. The first-order valence-corrected chi connectivity index (χ1v) is 11.5. The highest BCUT2D eigenvalue weighted by atomic mass is 28.4. The van der Waals surface area contributed by atoms with Gasteiger partial charge >= 0.3 is 0 Å². The van der Waals surface area contributed by atoms with E-state index in [1.807, 2.05) is 0 Å². The van der Waals surface area contributed by atoms with Crippen LogP contribution in [0, 0.1) is 0 Å². The molecule has 0 atom stereocenters. The van der Waals surface area contributed by atoms with Gasteiger partial charge in [0.2, 0.25) is 0 Å². The lowest BCUT2D eigenvalue weighted by atomic mass is 10.7. The molecule has 0 aromatic carbocycles. The van der Waals surface area contributed by atoms with Crippen LogP contribution >= 0.6 is 0 Å². The van der Waals surface area contributed by atoms with Gasteiger partial charge in [-0.25, -0.2) is 0 Å². The fraction of sp³-hybridized carbons (Fsp3) is 0.778. The molecule has 0 aliphatic carbocycles. The average Bonchev–Trinajstić information content (AvgIpc) is 1.77. The van der Waals surface area contributed by atoms with E-state index in [2.05, 4.69) is 45.4 Å². The zero-order chi connectivity index (χ0) is 9.99. The molecule has 1 nitrogen and oxygen atoms in total. The zero-order valence-electron chi connectivity index (χ0n) is 9.23. The van der Waals surface area contributed by atoms with Crippen LogP contribution in [0.3, 0.4) is 0 Å². The molecule has 72 valence electrons. The maximum Gasteiger partial charge on any atom is 0.0679 e. The summed E-state index contributed by atoms with van der Waals surface area (Å²) < 4.78 is 0. The van der Waals surface area contributed by atoms with Crippen molar-refractivity contribution in [2.45, 2.75) is 39.3 Å². The van der Waals surface area contributed by atoms with E-state index in [0.717, 1.165) is 0 Å². The Labute approximate surface area is 78.5 Å². The van der Waals surface area contributed by atoms with Crippen LogP contribution in [0.25, 0.3) is 0 Å². The van der Waals surface area contributed by atoms with E-state index in [4.69, 9.17) is 5.11 Å². The maximum atomic E-state index is 8.93. The third-order valence-corrected chi connectivity index (χ3v) is 10.1. The number of hydrogen-bond acceptors (Lipinski definition) is 1. The summed E-state index contributed by atoms with van der Waals surface area (Å²) in [5, 5.41) is 8.93. The fourth-order valence-electron chi connectivity index (χ4n) is 1.83. The minimum Gasteiger partial charge on any atom is -0.392 e. The van der Waals surface area contributed by atoms with Gasteiger partial charge in [-0.15, -0.1) is 0 Å². The lowest BCUT2D eigenvalue weighted by molar-refractivity contribution is 0.342. The van der Waals surface area contributed by atoms with Gasteiger partial charge in [-0.1, -0.05) is 50.2 Å². The Kier molecular flexibility index (Phi) is 3.94. The molecule has 0 heterocycles. The van der Waals surface area contributed by atoms with E-state index < -0.39 is 16.1 Å². The van der Waals surface area contributed by atoms with Crippen molar-refractivity contribution in [3.05, 3.63) is 10.9 Å². The Morgan fingerprint density at radius 2 is 1.33 bits per heavy atom. The van der Waals surface area contributed by atoms with Crippen LogP contribution in [0.1, 0.15) is 0 Å². The van der Waals surface area contributed by atoms with Crippen molar-refractivity contribution in [2.24, 2.45) is 0 Å². The molecule has 0 aliphatic rings. The van der Waals surface area contributed by atoms with Gasteiger partial charge in [-0.2, -0.15) is 0 Å². The van der Waals surface area contributed by atoms with Crippen LogP contribution < -0.4 is 0 Å². The molecule has 0 saturated heterocycles. The third-order valence-electron chi connectivity index (χ3n) is 1.91. The van der Waals surface area contributed by atoms with Crippen molar-refractivity contribution in [1.82, 2.24) is 0 Å². The highest BCUT2D eigenvalue weighted by molar-refractivity contribution is 7.04. The smallest absolute Gasteiger partial charge is 0.0679 e. The zero-order valence-corrected chi connectivity index (χ0v) is 11.2. The van der Waals surface area contributed by atoms with Gasteiger partial charge in [-0.3, -0.25) is 0 Å². The standard InChI is InChI=1S/C9H22OSi2/c1-11(2,3)9(7-8-10)12(4,5)6/h7,10H,8H2,1-6H3. The Bertz CT molecular complexity index is 156. The Morgan fingerprint density at radius 1 is 1.00 bits per heavy atom. The van der Waals surface area contributed by atoms with Crippen LogP contribution in [0.4, 0.5) is 0 Å². The molecular formula is C9H22OSi2. The SMILES string of the molecule is C[Si](C)(C)C(=CCO)[Si](C)(C)C. The van der Waals surface area contributed by atoms with Crippen LogP contribution in [-0.4, -0.2) is 27.9 Å². The first-order valence-electron chi connectivity index (χ1n) is 4.51. The molecule has 0 saturated carbocycles. The summed E-state index contributed by atoms with van der Waals surface area (Å²) in [6, 6.07) is 0. The number of rotatable bonds is 3. The van der Waals surface area contributed by atoms with Crippen molar-refractivity contribution < 1.29 is 5.11 Å².